The van der Waals surface area contributed by atoms with Crippen LogP contribution in [0.3, 0.4) is 0 Å². The number of amides is 1. The van der Waals surface area contributed by atoms with Crippen LogP contribution < -0.4 is 10.2 Å². The van der Waals surface area contributed by atoms with Gasteiger partial charge in [-0.2, -0.15) is 0 Å². The van der Waals surface area contributed by atoms with Gasteiger partial charge in [0.2, 0.25) is 5.91 Å². The average molecular weight is 401 g/mol. The van der Waals surface area contributed by atoms with E-state index < -0.39 is 0 Å². The number of hydrogen-bond donors (Lipinski definition) is 1. The number of aryl methyl sites for hydroxylation is 2. The molecular weight excluding hydrogens is 368 g/mol. The Bertz CT molecular complexity index is 827. The summed E-state index contributed by atoms with van der Waals surface area (Å²) in [5.74, 6) is 0.301. The van der Waals surface area contributed by atoms with Crippen LogP contribution in [0.2, 0.25) is 0 Å². The zero-order valence-electron chi connectivity index (χ0n) is 17.2. The summed E-state index contributed by atoms with van der Waals surface area (Å²) in [7, 11) is 0. The SMILES string of the molecule is Cc1cc(C)c2nc(N3CCCC(C(=O)NCCCN4CCCC4)C3)sc2c1. The minimum atomic E-state index is 0.0791. The van der Waals surface area contributed by atoms with Gasteiger partial charge < -0.3 is 15.1 Å². The van der Waals surface area contributed by atoms with Gasteiger partial charge >= 0.3 is 0 Å². The first-order chi connectivity index (χ1) is 13.6. The van der Waals surface area contributed by atoms with Crippen LogP contribution in [0.15, 0.2) is 12.1 Å². The van der Waals surface area contributed by atoms with Gasteiger partial charge in [0.25, 0.3) is 0 Å². The number of anilines is 1. The first kappa shape index (κ1) is 19.6. The van der Waals surface area contributed by atoms with Crippen molar-refractivity contribution in [1.82, 2.24) is 15.2 Å². The molecule has 0 radical (unpaired) electrons. The number of nitrogens with one attached hydrogen (secondary N) is 1. The highest BCUT2D eigenvalue weighted by molar-refractivity contribution is 7.22. The molecule has 1 amide bonds. The molecule has 0 bridgehead atoms. The van der Waals surface area contributed by atoms with Crippen LogP contribution in [0.1, 0.15) is 43.2 Å². The van der Waals surface area contributed by atoms with Crippen LogP contribution >= 0.6 is 11.3 Å². The summed E-state index contributed by atoms with van der Waals surface area (Å²) < 4.78 is 1.25. The molecular formula is C22H32N4OS. The summed E-state index contributed by atoms with van der Waals surface area (Å²) in [5, 5.41) is 4.25. The molecule has 152 valence electrons. The van der Waals surface area contributed by atoms with Crippen LogP contribution in [-0.4, -0.2) is 55.1 Å². The molecule has 2 aromatic rings. The number of aromatic nitrogens is 1. The molecule has 6 heteroatoms. The Morgan fingerprint density at radius 1 is 1.21 bits per heavy atom. The summed E-state index contributed by atoms with van der Waals surface area (Å²) in [6, 6.07) is 4.42. The van der Waals surface area contributed by atoms with Crippen LogP contribution in [0.4, 0.5) is 5.13 Å². The molecule has 2 aliphatic heterocycles. The Morgan fingerprint density at radius 2 is 2.04 bits per heavy atom. The van der Waals surface area contributed by atoms with Crippen molar-refractivity contribution < 1.29 is 4.79 Å². The predicted molar refractivity (Wildman–Crippen MR) is 117 cm³/mol. The van der Waals surface area contributed by atoms with E-state index in [-0.39, 0.29) is 11.8 Å². The molecule has 4 rings (SSSR count). The fourth-order valence-corrected chi connectivity index (χ4v) is 5.70. The summed E-state index contributed by atoms with van der Waals surface area (Å²) in [6.45, 7) is 10.4. The number of carbonyl (C=O) groups excluding carboxylic acids is 1. The summed E-state index contributed by atoms with van der Waals surface area (Å²) in [6.07, 6.45) is 5.75. The third-order valence-corrected chi connectivity index (χ3v) is 7.09. The van der Waals surface area contributed by atoms with Gasteiger partial charge in [0.1, 0.15) is 0 Å². The molecule has 28 heavy (non-hydrogen) atoms. The lowest BCUT2D eigenvalue weighted by Crippen LogP contribution is -2.43. The van der Waals surface area contributed by atoms with E-state index in [1.165, 1.54) is 41.8 Å². The molecule has 1 unspecified atom stereocenters. The Kier molecular flexibility index (Phi) is 6.16. The van der Waals surface area contributed by atoms with Gasteiger partial charge in [0, 0.05) is 19.6 Å². The van der Waals surface area contributed by atoms with Gasteiger partial charge in [0.15, 0.2) is 5.13 Å². The number of hydrogen-bond acceptors (Lipinski definition) is 5. The van der Waals surface area contributed by atoms with Crippen molar-refractivity contribution in [2.24, 2.45) is 5.92 Å². The number of piperidine rings is 1. The number of likely N-dealkylation sites (tertiary alicyclic amines) is 1. The lowest BCUT2D eigenvalue weighted by atomic mass is 9.97. The third-order valence-electron chi connectivity index (χ3n) is 6.03. The second-order valence-electron chi connectivity index (χ2n) is 8.40. The van der Waals surface area contributed by atoms with Crippen LogP contribution in [0.5, 0.6) is 0 Å². The lowest BCUT2D eigenvalue weighted by molar-refractivity contribution is -0.125. The van der Waals surface area contributed by atoms with E-state index >= 15 is 0 Å². The number of carbonyl (C=O) groups is 1. The zero-order chi connectivity index (χ0) is 19.5. The van der Waals surface area contributed by atoms with E-state index in [1.54, 1.807) is 11.3 Å². The number of nitrogens with zero attached hydrogens (tertiary/aromatic N) is 3. The second kappa shape index (κ2) is 8.78. The summed E-state index contributed by atoms with van der Waals surface area (Å²) in [5.41, 5.74) is 3.63. The fourth-order valence-electron chi connectivity index (χ4n) is 4.52. The van der Waals surface area contributed by atoms with Crippen molar-refractivity contribution in [2.45, 2.75) is 46.0 Å². The van der Waals surface area contributed by atoms with E-state index in [9.17, 15) is 4.79 Å². The Morgan fingerprint density at radius 3 is 2.86 bits per heavy atom. The van der Waals surface area contributed by atoms with Crippen molar-refractivity contribution >= 4 is 32.6 Å². The summed E-state index contributed by atoms with van der Waals surface area (Å²) >= 11 is 1.76. The van der Waals surface area contributed by atoms with Crippen molar-refractivity contribution in [2.75, 3.05) is 44.2 Å². The Hall–Kier alpha value is -1.66. The second-order valence-corrected chi connectivity index (χ2v) is 9.41. The maximum absolute atomic E-state index is 12.7. The monoisotopic (exact) mass is 400 g/mol. The molecule has 1 aromatic heterocycles. The molecule has 5 nitrogen and oxygen atoms in total. The van der Waals surface area contributed by atoms with Crippen molar-refractivity contribution in [1.29, 1.82) is 0 Å². The van der Waals surface area contributed by atoms with Crippen LogP contribution in [0.25, 0.3) is 10.2 Å². The predicted octanol–water partition coefficient (Wildman–Crippen LogP) is 3.73. The smallest absolute Gasteiger partial charge is 0.224 e. The number of fused-ring (bicyclic) bond motifs is 1. The molecule has 2 fully saturated rings. The van der Waals surface area contributed by atoms with E-state index in [2.05, 4.69) is 41.1 Å². The zero-order valence-corrected chi connectivity index (χ0v) is 18.0. The highest BCUT2D eigenvalue weighted by Crippen LogP contribution is 2.33. The van der Waals surface area contributed by atoms with Crippen molar-refractivity contribution in [3.05, 3.63) is 23.3 Å². The molecule has 0 spiro atoms. The largest absolute Gasteiger partial charge is 0.356 e. The maximum Gasteiger partial charge on any atom is 0.224 e. The molecule has 2 aliphatic rings. The maximum atomic E-state index is 12.7. The highest BCUT2D eigenvalue weighted by Gasteiger charge is 2.27. The molecule has 1 N–H and O–H groups in total. The number of rotatable bonds is 6. The van der Waals surface area contributed by atoms with Crippen LogP contribution in [-0.2, 0) is 4.79 Å². The van der Waals surface area contributed by atoms with Crippen molar-refractivity contribution in [3.8, 4) is 0 Å². The first-order valence-electron chi connectivity index (χ1n) is 10.7. The van der Waals surface area contributed by atoms with E-state index in [0.29, 0.717) is 0 Å². The van der Waals surface area contributed by atoms with Gasteiger partial charge in [-0.1, -0.05) is 17.4 Å². The van der Waals surface area contributed by atoms with Crippen molar-refractivity contribution in [3.63, 3.8) is 0 Å². The standard InChI is InChI=1S/C22H32N4OS/c1-16-13-17(2)20-19(14-16)28-22(24-20)26-12-5-7-18(15-26)21(27)23-8-6-11-25-9-3-4-10-25/h13-14,18H,3-12,15H2,1-2H3,(H,23,27). The van der Waals surface area contributed by atoms with Crippen LogP contribution in [0, 0.1) is 19.8 Å². The molecule has 2 saturated heterocycles. The Labute approximate surface area is 172 Å². The fraction of sp³-hybridized carbons (Fsp3) is 0.636. The summed E-state index contributed by atoms with van der Waals surface area (Å²) in [4.78, 5) is 22.4. The molecule has 3 heterocycles. The van der Waals surface area contributed by atoms with E-state index in [4.69, 9.17) is 4.98 Å². The quantitative estimate of drug-likeness (QED) is 0.751. The van der Waals surface area contributed by atoms with E-state index in [0.717, 1.165) is 56.1 Å². The topological polar surface area (TPSA) is 48.5 Å². The molecule has 0 saturated carbocycles. The number of benzene rings is 1. The number of thiazole rings is 1. The average Bonchev–Trinajstić information content (AvgIpc) is 3.35. The minimum Gasteiger partial charge on any atom is -0.356 e. The van der Waals surface area contributed by atoms with Gasteiger partial charge in [0.05, 0.1) is 16.1 Å². The molecule has 1 aromatic carbocycles. The van der Waals surface area contributed by atoms with Gasteiger partial charge in [-0.05, 0) is 82.8 Å². The normalized spacial score (nSPS) is 20.8. The van der Waals surface area contributed by atoms with Gasteiger partial charge in [-0.3, -0.25) is 4.79 Å². The van der Waals surface area contributed by atoms with E-state index in [1.807, 2.05) is 0 Å². The third kappa shape index (κ3) is 4.49. The lowest BCUT2D eigenvalue weighted by Gasteiger charge is -2.31. The van der Waals surface area contributed by atoms with Gasteiger partial charge in [-0.25, -0.2) is 4.98 Å². The van der Waals surface area contributed by atoms with Gasteiger partial charge in [-0.15, -0.1) is 0 Å². The molecule has 1 atom stereocenters. The Balaban J connectivity index is 1.32. The highest BCUT2D eigenvalue weighted by atomic mass is 32.1. The first-order valence-corrected chi connectivity index (χ1v) is 11.5. The molecule has 0 aliphatic carbocycles. The minimum absolute atomic E-state index is 0.0791.